The zero-order valence-electron chi connectivity index (χ0n) is 11.4. The molecular weight excluding hydrogens is 346 g/mol. The molecule has 3 N–H and O–H groups in total. The molecule has 0 atom stereocenters. The molecule has 0 radical (unpaired) electrons. The molecule has 0 heterocycles. The Balaban J connectivity index is 2.39. The summed E-state index contributed by atoms with van der Waals surface area (Å²) in [5, 5.41) is 15.7. The van der Waals surface area contributed by atoms with Crippen LogP contribution in [0.25, 0.3) is 0 Å². The lowest BCUT2D eigenvalue weighted by Gasteiger charge is -2.09. The quantitative estimate of drug-likeness (QED) is 0.603. The summed E-state index contributed by atoms with van der Waals surface area (Å²) in [6.45, 7) is 0. The zero-order valence-corrected chi connectivity index (χ0v) is 13.0. The van der Waals surface area contributed by atoms with Crippen molar-refractivity contribution in [3.8, 4) is 0 Å². The van der Waals surface area contributed by atoms with Gasteiger partial charge in [0.2, 0.25) is 10.0 Å². The molecule has 0 unspecified atom stereocenters. The maximum Gasteiger partial charge on any atom is 0.270 e. The van der Waals surface area contributed by atoms with Crippen LogP contribution in [0, 0.1) is 10.1 Å². The van der Waals surface area contributed by atoms with Crippen molar-refractivity contribution in [3.63, 3.8) is 0 Å². The Labute approximate surface area is 132 Å². The highest BCUT2D eigenvalue weighted by Gasteiger charge is 2.18. The molecule has 0 aliphatic carbocycles. The minimum atomic E-state index is -4.12. The Morgan fingerprint density at radius 1 is 0.957 bits per heavy atom. The number of nitrogens with zero attached hydrogens (tertiary/aromatic N) is 1. The molecule has 0 aromatic heterocycles. The van der Waals surface area contributed by atoms with Gasteiger partial charge in [0.15, 0.2) is 0 Å². The van der Waals surface area contributed by atoms with E-state index in [1.54, 1.807) is 0 Å². The van der Waals surface area contributed by atoms with Gasteiger partial charge in [-0.15, -0.1) is 0 Å². The summed E-state index contributed by atoms with van der Waals surface area (Å²) in [6.07, 6.45) is 0. The number of non-ortho nitro benzene ring substituents is 1. The molecule has 2 aromatic carbocycles. The lowest BCUT2D eigenvalue weighted by molar-refractivity contribution is -0.385. The average Bonchev–Trinajstić information content (AvgIpc) is 2.46. The van der Waals surface area contributed by atoms with E-state index in [0.29, 0.717) is 0 Å². The minimum absolute atomic E-state index is 0.0389. The van der Waals surface area contributed by atoms with Gasteiger partial charge >= 0.3 is 0 Å². The van der Waals surface area contributed by atoms with E-state index >= 15 is 0 Å². The number of hydrogen-bond donors (Lipinski definition) is 2. The van der Waals surface area contributed by atoms with Crippen molar-refractivity contribution < 1.29 is 21.8 Å². The van der Waals surface area contributed by atoms with Gasteiger partial charge in [-0.1, -0.05) is 12.1 Å². The third-order valence-electron chi connectivity index (χ3n) is 2.75. The molecule has 11 heteroatoms. The summed E-state index contributed by atoms with van der Waals surface area (Å²) in [6, 6.07) is 9.35. The predicted molar refractivity (Wildman–Crippen MR) is 81.7 cm³/mol. The first kappa shape index (κ1) is 16.9. The number of nitro groups is 1. The third kappa shape index (κ3) is 4.03. The number of nitrogens with one attached hydrogen (secondary N) is 1. The smallest absolute Gasteiger partial charge is 0.270 e. The molecule has 2 rings (SSSR count). The number of benzene rings is 2. The Kier molecular flexibility index (Phi) is 4.36. The van der Waals surface area contributed by atoms with Gasteiger partial charge in [-0.25, -0.2) is 22.0 Å². The van der Waals surface area contributed by atoms with E-state index in [0.717, 1.165) is 18.2 Å². The maximum atomic E-state index is 12.2. The van der Waals surface area contributed by atoms with E-state index in [9.17, 15) is 26.9 Å². The zero-order chi connectivity index (χ0) is 17.3. The summed E-state index contributed by atoms with van der Waals surface area (Å²) in [5.41, 5.74) is -0.422. The minimum Gasteiger partial charge on any atom is -0.280 e. The van der Waals surface area contributed by atoms with Crippen molar-refractivity contribution in [2.24, 2.45) is 5.14 Å². The number of nitro benzene ring substituents is 1. The Morgan fingerprint density at radius 3 is 2.17 bits per heavy atom. The lowest BCUT2D eigenvalue weighted by Crippen LogP contribution is -2.15. The highest BCUT2D eigenvalue weighted by atomic mass is 32.2. The summed E-state index contributed by atoms with van der Waals surface area (Å²) in [4.78, 5) is 9.39. The summed E-state index contributed by atoms with van der Waals surface area (Å²) in [7, 11) is -8.11. The van der Waals surface area contributed by atoms with Crippen LogP contribution in [-0.2, 0) is 20.0 Å². The molecule has 0 aliphatic rings. The number of sulfonamides is 2. The van der Waals surface area contributed by atoms with Crippen LogP contribution in [-0.4, -0.2) is 21.8 Å². The molecule has 0 bridgehead atoms. The van der Waals surface area contributed by atoms with Gasteiger partial charge < -0.3 is 0 Å². The van der Waals surface area contributed by atoms with Gasteiger partial charge in [0, 0.05) is 12.1 Å². The summed E-state index contributed by atoms with van der Waals surface area (Å²) < 4.78 is 49.1. The Hall–Kier alpha value is -2.50. The van der Waals surface area contributed by atoms with E-state index in [4.69, 9.17) is 5.14 Å². The fraction of sp³-hybridized carbons (Fsp3) is 0. The van der Waals surface area contributed by atoms with Gasteiger partial charge in [-0.3, -0.25) is 14.8 Å². The molecule has 0 amide bonds. The van der Waals surface area contributed by atoms with Gasteiger partial charge in [0.25, 0.3) is 15.7 Å². The topological polar surface area (TPSA) is 149 Å². The molecule has 0 aliphatic heterocycles. The van der Waals surface area contributed by atoms with Crippen molar-refractivity contribution in [1.29, 1.82) is 0 Å². The highest BCUT2D eigenvalue weighted by Crippen LogP contribution is 2.21. The SMILES string of the molecule is NS(=O)(=O)c1cccc(NS(=O)(=O)c2cccc([N+](=O)[O-])c2)c1. The van der Waals surface area contributed by atoms with Crippen molar-refractivity contribution in [1.82, 2.24) is 0 Å². The van der Waals surface area contributed by atoms with Gasteiger partial charge in [0.05, 0.1) is 20.4 Å². The van der Waals surface area contributed by atoms with Crippen LogP contribution >= 0.6 is 0 Å². The molecule has 2 aromatic rings. The van der Waals surface area contributed by atoms with Crippen LogP contribution in [0.1, 0.15) is 0 Å². The molecule has 0 fully saturated rings. The first-order valence-electron chi connectivity index (χ1n) is 6.00. The van der Waals surface area contributed by atoms with Gasteiger partial charge in [-0.05, 0) is 24.3 Å². The first-order chi connectivity index (χ1) is 10.6. The fourth-order valence-electron chi connectivity index (χ4n) is 1.71. The van der Waals surface area contributed by atoms with Crippen LogP contribution in [0.4, 0.5) is 11.4 Å². The van der Waals surface area contributed by atoms with E-state index in [1.165, 1.54) is 30.3 Å². The normalized spacial score (nSPS) is 11.9. The summed E-state index contributed by atoms with van der Waals surface area (Å²) in [5.74, 6) is 0. The number of anilines is 1. The molecule has 0 saturated carbocycles. The number of hydrogen-bond acceptors (Lipinski definition) is 6. The van der Waals surface area contributed by atoms with Gasteiger partial charge in [0.1, 0.15) is 0 Å². The van der Waals surface area contributed by atoms with Crippen molar-refractivity contribution in [2.75, 3.05) is 4.72 Å². The van der Waals surface area contributed by atoms with Crippen molar-refractivity contribution in [2.45, 2.75) is 9.79 Å². The second-order valence-corrected chi connectivity index (χ2v) is 7.68. The van der Waals surface area contributed by atoms with Gasteiger partial charge in [-0.2, -0.15) is 0 Å². The van der Waals surface area contributed by atoms with E-state index in [2.05, 4.69) is 4.72 Å². The average molecular weight is 357 g/mol. The van der Waals surface area contributed by atoms with E-state index < -0.39 is 25.0 Å². The van der Waals surface area contributed by atoms with Crippen molar-refractivity contribution in [3.05, 3.63) is 58.6 Å². The van der Waals surface area contributed by atoms with Crippen LogP contribution in [0.2, 0.25) is 0 Å². The van der Waals surface area contributed by atoms with Crippen LogP contribution in [0.3, 0.4) is 0 Å². The maximum absolute atomic E-state index is 12.2. The van der Waals surface area contributed by atoms with Crippen molar-refractivity contribution >= 4 is 31.4 Å². The van der Waals surface area contributed by atoms with Crippen LogP contribution < -0.4 is 9.86 Å². The second-order valence-electron chi connectivity index (χ2n) is 4.43. The summed E-state index contributed by atoms with van der Waals surface area (Å²) >= 11 is 0. The predicted octanol–water partition coefficient (Wildman–Crippen LogP) is 1.04. The monoisotopic (exact) mass is 357 g/mol. The molecule has 0 spiro atoms. The first-order valence-corrected chi connectivity index (χ1v) is 9.03. The third-order valence-corrected chi connectivity index (χ3v) is 5.04. The van der Waals surface area contributed by atoms with Crippen LogP contribution in [0.15, 0.2) is 58.3 Å². The second kappa shape index (κ2) is 5.95. The molecule has 122 valence electrons. The Bertz CT molecular complexity index is 970. The largest absolute Gasteiger partial charge is 0.280 e. The highest BCUT2D eigenvalue weighted by molar-refractivity contribution is 7.92. The molecule has 23 heavy (non-hydrogen) atoms. The molecule has 0 saturated heterocycles. The number of rotatable bonds is 5. The van der Waals surface area contributed by atoms with Crippen LogP contribution in [0.5, 0.6) is 0 Å². The standard InChI is InChI=1S/C12H11N3O6S2/c13-22(18,19)11-5-1-3-9(7-11)14-23(20,21)12-6-2-4-10(8-12)15(16)17/h1-8,14H,(H2,13,18,19). The lowest BCUT2D eigenvalue weighted by atomic mass is 10.3. The van der Waals surface area contributed by atoms with E-state index in [1.807, 2.05) is 0 Å². The number of primary sulfonamides is 1. The fourth-order valence-corrected chi connectivity index (χ4v) is 3.36. The Morgan fingerprint density at radius 2 is 1.57 bits per heavy atom. The van der Waals surface area contributed by atoms with E-state index in [-0.39, 0.29) is 21.2 Å². The molecular formula is C12H11N3O6S2. The molecule has 9 nitrogen and oxygen atoms in total. The number of nitrogens with two attached hydrogens (primary N) is 1.